The van der Waals surface area contributed by atoms with Crippen LogP contribution in [0.5, 0.6) is 0 Å². The van der Waals surface area contributed by atoms with Crippen LogP contribution in [-0.4, -0.2) is 12.2 Å². The minimum Gasteiger partial charge on any atom is -0.318 e. The van der Waals surface area contributed by atoms with Gasteiger partial charge >= 0.3 is 5.97 Å². The Morgan fingerprint density at radius 2 is 1.91 bits per heavy atom. The molecule has 0 radical (unpaired) electrons. The van der Waals surface area contributed by atoms with E-state index in [-0.39, 0.29) is 5.97 Å². The Bertz CT molecular complexity index is 775. The molecule has 0 amide bonds. The Balaban J connectivity index is 1.73. The number of oxime groups is 1. The van der Waals surface area contributed by atoms with Crippen LogP contribution in [0.3, 0.4) is 0 Å². The predicted octanol–water partition coefficient (Wildman–Crippen LogP) is 4.57. The van der Waals surface area contributed by atoms with Gasteiger partial charge in [0.15, 0.2) is 0 Å². The normalized spacial score (nSPS) is 13.0. The smallest absolute Gasteiger partial charge is 0.318 e. The number of carbonyl (C=O) groups excluding carboxylic acids is 1. The minimum atomic E-state index is -0.503. The lowest BCUT2D eigenvalue weighted by atomic mass is 9.91. The van der Waals surface area contributed by atoms with E-state index in [0.29, 0.717) is 0 Å². The lowest BCUT2D eigenvalue weighted by Crippen LogP contribution is -2.24. The van der Waals surface area contributed by atoms with Crippen LogP contribution in [0.25, 0.3) is 11.1 Å². The Morgan fingerprint density at radius 1 is 1.17 bits per heavy atom. The fourth-order valence-electron chi connectivity index (χ4n) is 2.65. The highest BCUT2D eigenvalue weighted by molar-refractivity contribution is 5.85. The highest BCUT2D eigenvalue weighted by Gasteiger charge is 2.27. The van der Waals surface area contributed by atoms with Crippen LogP contribution >= 0.6 is 0 Å². The number of rotatable bonds is 4. The van der Waals surface area contributed by atoms with Gasteiger partial charge in [-0.2, -0.15) is 0 Å². The first-order chi connectivity index (χ1) is 11.0. The summed E-state index contributed by atoms with van der Waals surface area (Å²) in [6, 6.07) is 14.7. The lowest BCUT2D eigenvalue weighted by molar-refractivity contribution is -0.154. The van der Waals surface area contributed by atoms with Crippen molar-refractivity contribution >= 4 is 12.2 Å². The van der Waals surface area contributed by atoms with Gasteiger partial charge in [-0.1, -0.05) is 48.5 Å². The quantitative estimate of drug-likeness (QED) is 0.402. The van der Waals surface area contributed by atoms with E-state index in [9.17, 15) is 4.79 Å². The maximum Gasteiger partial charge on any atom is 0.340 e. The largest absolute Gasteiger partial charge is 0.340 e. The summed E-state index contributed by atoms with van der Waals surface area (Å²) < 4.78 is 0. The van der Waals surface area contributed by atoms with Crippen LogP contribution < -0.4 is 0 Å². The van der Waals surface area contributed by atoms with E-state index in [2.05, 4.69) is 41.6 Å². The molecular weight excluding hydrogens is 286 g/mol. The molecule has 0 fully saturated rings. The fraction of sp³-hybridized carbons (Fsp3) is 0.300. The summed E-state index contributed by atoms with van der Waals surface area (Å²) in [4.78, 5) is 16.9. The van der Waals surface area contributed by atoms with Crippen LogP contribution in [0, 0.1) is 5.41 Å². The highest BCUT2D eigenvalue weighted by Crippen LogP contribution is 2.36. The van der Waals surface area contributed by atoms with Crippen LogP contribution in [0.1, 0.15) is 43.9 Å². The molecule has 1 aliphatic carbocycles. The molecule has 0 aliphatic heterocycles. The van der Waals surface area contributed by atoms with Gasteiger partial charge in [0.2, 0.25) is 0 Å². The van der Waals surface area contributed by atoms with Crippen molar-refractivity contribution in [2.45, 2.75) is 33.6 Å². The van der Waals surface area contributed by atoms with Gasteiger partial charge in [-0.3, -0.25) is 0 Å². The number of benzene rings is 2. The molecule has 0 atom stereocenters. The highest BCUT2D eigenvalue weighted by atomic mass is 16.7. The third-order valence-corrected chi connectivity index (χ3v) is 4.59. The summed E-state index contributed by atoms with van der Waals surface area (Å²) >= 11 is 0. The first-order valence-corrected chi connectivity index (χ1v) is 7.97. The second-order valence-corrected chi connectivity index (χ2v) is 6.60. The number of carbonyl (C=O) groups is 1. The molecule has 0 N–H and O–H groups in total. The Labute approximate surface area is 137 Å². The molecule has 0 unspecified atom stereocenters. The topological polar surface area (TPSA) is 38.7 Å². The predicted molar refractivity (Wildman–Crippen MR) is 92.4 cm³/mol. The van der Waals surface area contributed by atoms with Crippen molar-refractivity contribution in [3.63, 3.8) is 0 Å². The minimum absolute atomic E-state index is 0.301. The second-order valence-electron chi connectivity index (χ2n) is 6.60. The summed E-state index contributed by atoms with van der Waals surface area (Å²) in [7, 11) is 0. The van der Waals surface area contributed by atoms with Gasteiger partial charge in [0, 0.05) is 0 Å². The van der Waals surface area contributed by atoms with Gasteiger partial charge in [0.25, 0.3) is 0 Å². The van der Waals surface area contributed by atoms with E-state index in [0.717, 1.165) is 18.4 Å². The van der Waals surface area contributed by atoms with Crippen molar-refractivity contribution < 1.29 is 9.63 Å². The first-order valence-electron chi connectivity index (χ1n) is 7.97. The van der Waals surface area contributed by atoms with Gasteiger partial charge in [0.1, 0.15) is 0 Å². The zero-order chi connectivity index (χ0) is 16.4. The van der Waals surface area contributed by atoms with Gasteiger partial charge < -0.3 is 4.84 Å². The van der Waals surface area contributed by atoms with E-state index in [4.69, 9.17) is 4.84 Å². The Morgan fingerprint density at radius 3 is 2.70 bits per heavy atom. The zero-order valence-electron chi connectivity index (χ0n) is 13.8. The number of hydrogen-bond acceptors (Lipinski definition) is 3. The summed E-state index contributed by atoms with van der Waals surface area (Å²) in [6.07, 6.45) is 3.27. The molecule has 0 spiro atoms. The van der Waals surface area contributed by atoms with Crippen LogP contribution in [0.15, 0.2) is 47.6 Å². The average Bonchev–Trinajstić information content (AvgIpc) is 2.92. The molecule has 2 aromatic rings. The van der Waals surface area contributed by atoms with Gasteiger partial charge in [-0.25, -0.2) is 4.79 Å². The molecule has 2 aromatic carbocycles. The molecular formula is C20H21NO2. The molecule has 0 aromatic heterocycles. The standard InChI is InChI=1S/C20H21NO2/c1-4-20(2,3)19(22)23-21-13-14-9-10-18-16(11-14)12-15-7-5-6-8-17(15)18/h5-11,13H,4,12H2,1-3H3/b21-13-. The van der Waals surface area contributed by atoms with Crippen LogP contribution in [-0.2, 0) is 16.1 Å². The van der Waals surface area contributed by atoms with Crippen LogP contribution in [0.4, 0.5) is 0 Å². The van der Waals surface area contributed by atoms with Gasteiger partial charge in [0.05, 0.1) is 11.6 Å². The third kappa shape index (κ3) is 3.04. The third-order valence-electron chi connectivity index (χ3n) is 4.59. The molecule has 23 heavy (non-hydrogen) atoms. The first kappa shape index (κ1) is 15.5. The summed E-state index contributed by atoms with van der Waals surface area (Å²) in [5, 5.41) is 3.86. The monoisotopic (exact) mass is 307 g/mol. The van der Waals surface area contributed by atoms with E-state index >= 15 is 0 Å². The maximum atomic E-state index is 11.9. The van der Waals surface area contributed by atoms with Crippen molar-refractivity contribution in [2.75, 3.05) is 0 Å². The van der Waals surface area contributed by atoms with E-state index in [1.165, 1.54) is 22.3 Å². The summed E-state index contributed by atoms with van der Waals surface area (Å²) in [6.45, 7) is 5.68. The number of hydrogen-bond donors (Lipinski definition) is 0. The molecule has 3 nitrogen and oxygen atoms in total. The van der Waals surface area contributed by atoms with Crippen molar-refractivity contribution in [1.82, 2.24) is 0 Å². The van der Waals surface area contributed by atoms with Gasteiger partial charge in [-0.15, -0.1) is 0 Å². The lowest BCUT2D eigenvalue weighted by Gasteiger charge is -2.17. The number of nitrogens with zero attached hydrogens (tertiary/aromatic N) is 1. The van der Waals surface area contributed by atoms with Crippen molar-refractivity contribution in [1.29, 1.82) is 0 Å². The molecule has 118 valence electrons. The SMILES string of the molecule is CCC(C)(C)C(=O)O/N=C\c1ccc2c(c1)Cc1ccccc1-2. The second kappa shape index (κ2) is 5.99. The summed E-state index contributed by atoms with van der Waals surface area (Å²) in [5.74, 6) is -0.301. The molecule has 1 aliphatic rings. The molecule has 3 rings (SSSR count). The average molecular weight is 307 g/mol. The van der Waals surface area contributed by atoms with Crippen molar-refractivity contribution in [3.8, 4) is 11.1 Å². The molecule has 0 saturated heterocycles. The number of fused-ring (bicyclic) bond motifs is 3. The van der Waals surface area contributed by atoms with Crippen molar-refractivity contribution in [3.05, 3.63) is 59.2 Å². The molecule has 3 heteroatoms. The van der Waals surface area contributed by atoms with Crippen molar-refractivity contribution in [2.24, 2.45) is 10.6 Å². The van der Waals surface area contributed by atoms with E-state index in [1.54, 1.807) is 6.21 Å². The Hall–Kier alpha value is -2.42. The van der Waals surface area contributed by atoms with E-state index < -0.39 is 5.41 Å². The van der Waals surface area contributed by atoms with Crippen LogP contribution in [0.2, 0.25) is 0 Å². The Kier molecular flexibility index (Phi) is 4.03. The summed E-state index contributed by atoms with van der Waals surface area (Å²) in [5.41, 5.74) is 5.67. The van der Waals surface area contributed by atoms with Gasteiger partial charge in [-0.05, 0) is 60.6 Å². The molecule has 0 heterocycles. The van der Waals surface area contributed by atoms with E-state index in [1.807, 2.05) is 26.8 Å². The zero-order valence-corrected chi connectivity index (χ0v) is 13.8. The fourth-order valence-corrected chi connectivity index (χ4v) is 2.65. The molecule has 0 bridgehead atoms. The molecule has 0 saturated carbocycles. The maximum absolute atomic E-state index is 11.9.